The van der Waals surface area contributed by atoms with Gasteiger partial charge in [-0.3, -0.25) is 9.59 Å². The molecule has 134 valence electrons. The normalized spacial score (nSPS) is 14.7. The van der Waals surface area contributed by atoms with Gasteiger partial charge in [-0.1, -0.05) is 24.8 Å². The van der Waals surface area contributed by atoms with Gasteiger partial charge in [-0.25, -0.2) is 13.2 Å². The molecule has 0 spiro atoms. The smallest absolute Gasteiger partial charge is 0.150 e. The van der Waals surface area contributed by atoms with Gasteiger partial charge in [-0.05, 0) is 48.2 Å². The summed E-state index contributed by atoms with van der Waals surface area (Å²) in [5.74, 6) is -2.44. The highest BCUT2D eigenvalue weighted by molar-refractivity contribution is 6.10. The molecule has 2 aromatic rings. The molecule has 0 bridgehead atoms. The molecule has 2 aromatic carbocycles. The van der Waals surface area contributed by atoms with Crippen molar-refractivity contribution in [1.82, 2.24) is 0 Å². The number of ketones is 2. The van der Waals surface area contributed by atoms with Crippen molar-refractivity contribution >= 4 is 17.6 Å². The zero-order chi connectivity index (χ0) is 18.9. The summed E-state index contributed by atoms with van der Waals surface area (Å²) in [5, 5.41) is 0. The van der Waals surface area contributed by atoms with Crippen molar-refractivity contribution in [2.24, 2.45) is 5.41 Å². The summed E-state index contributed by atoms with van der Waals surface area (Å²) in [7, 11) is 0. The number of Topliss-reactive ketones (excluding diaryl/α,β-unsaturated/α-hetero) is 2. The minimum atomic E-state index is -1.13. The van der Waals surface area contributed by atoms with Crippen LogP contribution >= 0.6 is 0 Å². The molecule has 2 nitrogen and oxygen atoms in total. The second-order valence-corrected chi connectivity index (χ2v) is 6.58. The van der Waals surface area contributed by atoms with Crippen LogP contribution in [0.5, 0.6) is 0 Å². The van der Waals surface area contributed by atoms with Gasteiger partial charge < -0.3 is 0 Å². The molecule has 0 heterocycles. The van der Waals surface area contributed by atoms with Gasteiger partial charge >= 0.3 is 0 Å². The number of halogens is 3. The number of hydrogen-bond acceptors (Lipinski definition) is 2. The third kappa shape index (κ3) is 3.47. The lowest BCUT2D eigenvalue weighted by atomic mass is 9.87. The molecule has 0 aliphatic heterocycles. The van der Waals surface area contributed by atoms with Crippen molar-refractivity contribution in [2.45, 2.75) is 25.7 Å². The summed E-state index contributed by atoms with van der Waals surface area (Å²) in [6, 6.07) is 7.47. The second-order valence-electron chi connectivity index (χ2n) is 6.58. The zero-order valence-corrected chi connectivity index (χ0v) is 14.0. The maximum atomic E-state index is 14.1. The average Bonchev–Trinajstić information content (AvgIpc) is 3.42. The van der Waals surface area contributed by atoms with Crippen LogP contribution in [0.3, 0.4) is 0 Å². The highest BCUT2D eigenvalue weighted by atomic mass is 19.1. The fourth-order valence-corrected chi connectivity index (χ4v) is 3.03. The Morgan fingerprint density at radius 3 is 2.15 bits per heavy atom. The van der Waals surface area contributed by atoms with Crippen LogP contribution in [0.1, 0.15) is 29.5 Å². The topological polar surface area (TPSA) is 34.1 Å². The molecule has 1 aliphatic carbocycles. The van der Waals surface area contributed by atoms with Crippen LogP contribution < -0.4 is 0 Å². The number of rotatable bonds is 7. The lowest BCUT2D eigenvalue weighted by Crippen LogP contribution is -2.29. The summed E-state index contributed by atoms with van der Waals surface area (Å²) >= 11 is 0. The van der Waals surface area contributed by atoms with Crippen LogP contribution in [0.4, 0.5) is 13.2 Å². The largest absolute Gasteiger partial charge is 0.298 e. The van der Waals surface area contributed by atoms with Crippen LogP contribution in [0.25, 0.3) is 6.08 Å². The first kappa shape index (κ1) is 18.1. The Bertz CT molecular complexity index is 881. The molecule has 0 unspecified atom stereocenters. The van der Waals surface area contributed by atoms with E-state index in [0.29, 0.717) is 18.4 Å². The average molecular weight is 358 g/mol. The predicted octanol–water partition coefficient (Wildman–Crippen LogP) is 4.45. The van der Waals surface area contributed by atoms with E-state index in [4.69, 9.17) is 0 Å². The van der Waals surface area contributed by atoms with E-state index in [1.165, 1.54) is 30.3 Å². The first-order chi connectivity index (χ1) is 12.4. The van der Waals surface area contributed by atoms with E-state index in [-0.39, 0.29) is 29.8 Å². The highest BCUT2D eigenvalue weighted by Gasteiger charge is 2.54. The Morgan fingerprint density at radius 2 is 1.58 bits per heavy atom. The van der Waals surface area contributed by atoms with Gasteiger partial charge in [0.1, 0.15) is 17.5 Å². The van der Waals surface area contributed by atoms with Crippen LogP contribution in [-0.4, -0.2) is 11.6 Å². The summed E-state index contributed by atoms with van der Waals surface area (Å²) in [5.41, 5.74) is -0.566. The molecule has 1 saturated carbocycles. The monoisotopic (exact) mass is 358 g/mol. The molecule has 0 N–H and O–H groups in total. The van der Waals surface area contributed by atoms with E-state index in [9.17, 15) is 22.8 Å². The van der Waals surface area contributed by atoms with Gasteiger partial charge in [-0.15, -0.1) is 0 Å². The van der Waals surface area contributed by atoms with E-state index < -0.39 is 28.6 Å². The maximum absolute atomic E-state index is 14.1. The molecule has 3 rings (SSSR count). The molecule has 5 heteroatoms. The van der Waals surface area contributed by atoms with Crippen LogP contribution in [0, 0.1) is 22.9 Å². The number of benzene rings is 2. The molecule has 0 atom stereocenters. The molecule has 26 heavy (non-hydrogen) atoms. The fraction of sp³-hybridized carbons (Fsp3) is 0.238. The lowest BCUT2D eigenvalue weighted by Gasteiger charge is -2.14. The van der Waals surface area contributed by atoms with E-state index in [2.05, 4.69) is 6.58 Å². The minimum Gasteiger partial charge on any atom is -0.298 e. The highest BCUT2D eigenvalue weighted by Crippen LogP contribution is 2.48. The van der Waals surface area contributed by atoms with Gasteiger partial charge in [0, 0.05) is 18.4 Å². The third-order valence-electron chi connectivity index (χ3n) is 4.83. The van der Waals surface area contributed by atoms with Crippen LogP contribution in [-0.2, 0) is 22.4 Å². The van der Waals surface area contributed by atoms with Crippen molar-refractivity contribution in [3.63, 3.8) is 0 Å². The SMILES string of the molecule is C=Cc1cc(F)c(CC(=O)C2(C(=O)Cc3ccc(F)cc3)CC2)cc1F. The quantitative estimate of drug-likeness (QED) is 0.685. The molecule has 0 radical (unpaired) electrons. The molecule has 0 amide bonds. The summed E-state index contributed by atoms with van der Waals surface area (Å²) in [6.07, 6.45) is 1.67. The number of hydrogen-bond donors (Lipinski definition) is 0. The molecule has 1 aliphatic rings. The van der Waals surface area contributed by atoms with Gasteiger partial charge in [0.2, 0.25) is 0 Å². The van der Waals surface area contributed by atoms with E-state index in [1.54, 1.807) is 0 Å². The minimum absolute atomic E-state index is 0.0122. The van der Waals surface area contributed by atoms with Crippen molar-refractivity contribution in [3.05, 3.63) is 77.1 Å². The van der Waals surface area contributed by atoms with Gasteiger partial charge in [-0.2, -0.15) is 0 Å². The maximum Gasteiger partial charge on any atom is 0.150 e. The predicted molar refractivity (Wildman–Crippen MR) is 91.9 cm³/mol. The summed E-state index contributed by atoms with van der Waals surface area (Å²) in [4.78, 5) is 25.2. The van der Waals surface area contributed by atoms with Crippen LogP contribution in [0.15, 0.2) is 43.0 Å². The van der Waals surface area contributed by atoms with Gasteiger partial charge in [0.05, 0.1) is 5.41 Å². The van der Waals surface area contributed by atoms with Crippen molar-refractivity contribution in [1.29, 1.82) is 0 Å². The van der Waals surface area contributed by atoms with Crippen LogP contribution in [0.2, 0.25) is 0 Å². The standard InChI is InChI=1S/C21H17F3O2/c1-2-14-10-18(24)15(11-17(14)23)12-20(26)21(7-8-21)19(25)9-13-3-5-16(22)6-4-13/h2-6,10-11H,1,7-9,12H2. The Morgan fingerprint density at radius 1 is 0.962 bits per heavy atom. The van der Waals surface area contributed by atoms with Gasteiger partial charge in [0.15, 0.2) is 11.6 Å². The summed E-state index contributed by atoms with van der Waals surface area (Å²) < 4.78 is 40.9. The summed E-state index contributed by atoms with van der Waals surface area (Å²) in [6.45, 7) is 3.40. The fourth-order valence-electron chi connectivity index (χ4n) is 3.03. The molecule has 1 fully saturated rings. The third-order valence-corrected chi connectivity index (χ3v) is 4.83. The Balaban J connectivity index is 1.75. The lowest BCUT2D eigenvalue weighted by molar-refractivity contribution is -0.133. The molecular formula is C21H17F3O2. The Hall–Kier alpha value is -2.69. The first-order valence-corrected chi connectivity index (χ1v) is 8.27. The molecular weight excluding hydrogens is 341 g/mol. The van der Waals surface area contributed by atoms with E-state index in [0.717, 1.165) is 12.1 Å². The Kier molecular flexibility index (Phi) is 4.81. The van der Waals surface area contributed by atoms with Crippen molar-refractivity contribution in [3.8, 4) is 0 Å². The Labute approximate surface area is 149 Å². The van der Waals surface area contributed by atoms with Gasteiger partial charge in [0.25, 0.3) is 0 Å². The first-order valence-electron chi connectivity index (χ1n) is 8.27. The van der Waals surface area contributed by atoms with E-state index >= 15 is 0 Å². The molecule has 0 saturated heterocycles. The zero-order valence-electron chi connectivity index (χ0n) is 14.0. The van der Waals surface area contributed by atoms with Crippen molar-refractivity contribution < 1.29 is 22.8 Å². The second kappa shape index (κ2) is 6.90. The number of carbonyl (C=O) groups is 2. The molecule has 0 aromatic heterocycles. The van der Waals surface area contributed by atoms with Crippen molar-refractivity contribution in [2.75, 3.05) is 0 Å². The number of carbonyl (C=O) groups excluding carboxylic acids is 2. The van der Waals surface area contributed by atoms with E-state index in [1.807, 2.05) is 0 Å².